The number of hydrogen-bond acceptors (Lipinski definition) is 8. The highest BCUT2D eigenvalue weighted by Crippen LogP contribution is 2.51. The van der Waals surface area contributed by atoms with Crippen molar-refractivity contribution in [3.05, 3.63) is 41.7 Å². The van der Waals surface area contributed by atoms with Gasteiger partial charge in [0.2, 0.25) is 11.9 Å². The molecular formula is C22H27N9. The van der Waals surface area contributed by atoms with Crippen LogP contribution in [0.25, 0.3) is 5.95 Å². The van der Waals surface area contributed by atoms with E-state index in [2.05, 4.69) is 49.4 Å². The summed E-state index contributed by atoms with van der Waals surface area (Å²) >= 11 is 0. The van der Waals surface area contributed by atoms with E-state index in [0.717, 1.165) is 31.9 Å². The van der Waals surface area contributed by atoms with Gasteiger partial charge in [-0.15, -0.1) is 5.10 Å². The summed E-state index contributed by atoms with van der Waals surface area (Å²) in [7, 11) is 2.17. The molecule has 9 nitrogen and oxygen atoms in total. The molecule has 2 unspecified atom stereocenters. The summed E-state index contributed by atoms with van der Waals surface area (Å²) in [5.41, 5.74) is 10.8. The van der Waals surface area contributed by atoms with Crippen LogP contribution in [0.1, 0.15) is 42.4 Å². The second-order valence-corrected chi connectivity index (χ2v) is 8.89. The smallest absolute Gasteiger partial charge is 0.254 e. The number of nitrogens with two attached hydrogens (primary N) is 1. The lowest BCUT2D eigenvalue weighted by atomic mass is 9.98. The summed E-state index contributed by atoms with van der Waals surface area (Å²) < 4.78 is 1.52. The maximum atomic E-state index is 6.14. The first-order chi connectivity index (χ1) is 15.1. The molecule has 31 heavy (non-hydrogen) atoms. The van der Waals surface area contributed by atoms with Crippen LogP contribution >= 0.6 is 0 Å². The zero-order valence-corrected chi connectivity index (χ0v) is 17.7. The van der Waals surface area contributed by atoms with Gasteiger partial charge >= 0.3 is 0 Å². The molecule has 0 amide bonds. The van der Waals surface area contributed by atoms with E-state index in [1.807, 2.05) is 18.3 Å². The third-order valence-corrected chi connectivity index (χ3v) is 6.91. The van der Waals surface area contributed by atoms with E-state index >= 15 is 0 Å². The highest BCUT2D eigenvalue weighted by atomic mass is 15.5. The van der Waals surface area contributed by atoms with E-state index in [4.69, 9.17) is 10.7 Å². The van der Waals surface area contributed by atoms with Crippen molar-refractivity contribution in [1.29, 1.82) is 0 Å². The van der Waals surface area contributed by atoms with Gasteiger partial charge in [-0.2, -0.15) is 9.67 Å². The van der Waals surface area contributed by atoms with Crippen molar-refractivity contribution in [2.24, 2.45) is 0 Å². The van der Waals surface area contributed by atoms with Crippen LogP contribution in [0.5, 0.6) is 0 Å². The Labute approximate surface area is 181 Å². The molecule has 9 heteroatoms. The van der Waals surface area contributed by atoms with E-state index in [1.54, 1.807) is 0 Å². The molecule has 2 atom stereocenters. The van der Waals surface area contributed by atoms with Gasteiger partial charge in [-0.3, -0.25) is 0 Å². The second-order valence-electron chi connectivity index (χ2n) is 8.89. The lowest BCUT2D eigenvalue weighted by Gasteiger charge is -2.34. The first-order valence-electron chi connectivity index (χ1n) is 11.0. The van der Waals surface area contributed by atoms with Gasteiger partial charge in [0.25, 0.3) is 5.95 Å². The van der Waals surface area contributed by atoms with Gasteiger partial charge < -0.3 is 20.9 Å². The van der Waals surface area contributed by atoms with Gasteiger partial charge in [-0.05, 0) is 62.1 Å². The Morgan fingerprint density at radius 1 is 1.00 bits per heavy atom. The van der Waals surface area contributed by atoms with E-state index in [-0.39, 0.29) is 5.95 Å². The van der Waals surface area contributed by atoms with E-state index in [1.165, 1.54) is 40.9 Å². The monoisotopic (exact) mass is 417 g/mol. The van der Waals surface area contributed by atoms with Crippen LogP contribution in [0.3, 0.4) is 0 Å². The Morgan fingerprint density at radius 2 is 1.77 bits per heavy atom. The number of nitrogens with one attached hydrogen (secondary N) is 1. The molecule has 3 heterocycles. The van der Waals surface area contributed by atoms with Crippen molar-refractivity contribution in [3.63, 3.8) is 0 Å². The largest absolute Gasteiger partial charge is 0.369 e. The molecule has 3 N–H and O–H groups in total. The first kappa shape index (κ1) is 18.6. The molecule has 2 aliphatic carbocycles. The molecule has 3 aromatic rings. The maximum absolute atomic E-state index is 6.14. The van der Waals surface area contributed by atoms with Crippen molar-refractivity contribution in [1.82, 2.24) is 29.6 Å². The molecule has 3 aliphatic rings. The standard InChI is InChI=1S/C22H27N9/c1-29-8-10-30(11-9-29)17-6-4-16(5-7-17)25-21-27-20(23)31(28-21)22-24-13-18-14-2-3-15(12-14)19(18)26-22/h4-7,13-15H,2-3,8-12H2,1H3,(H3,23,25,27,28). The van der Waals surface area contributed by atoms with E-state index in [0.29, 0.717) is 23.7 Å². The van der Waals surface area contributed by atoms with Crippen molar-refractivity contribution < 1.29 is 0 Å². The Hall–Kier alpha value is -3.20. The number of rotatable bonds is 4. The molecule has 0 radical (unpaired) electrons. The van der Waals surface area contributed by atoms with Crippen LogP contribution in [-0.4, -0.2) is 62.9 Å². The van der Waals surface area contributed by atoms with Crippen LogP contribution in [0.4, 0.5) is 23.3 Å². The summed E-state index contributed by atoms with van der Waals surface area (Å²) in [6.45, 7) is 4.28. The van der Waals surface area contributed by atoms with Gasteiger partial charge in [-0.25, -0.2) is 9.97 Å². The van der Waals surface area contributed by atoms with Crippen LogP contribution in [-0.2, 0) is 0 Å². The van der Waals surface area contributed by atoms with Gasteiger partial charge in [0.1, 0.15) is 0 Å². The molecule has 6 rings (SSSR count). The molecule has 2 bridgehead atoms. The zero-order valence-electron chi connectivity index (χ0n) is 17.7. The SMILES string of the molecule is CN1CCN(c2ccc(Nc3nc(N)n(-c4ncc5c(n4)C4CCC5C4)n3)cc2)CC1. The number of nitrogens with zero attached hydrogens (tertiary/aromatic N) is 7. The zero-order chi connectivity index (χ0) is 20.9. The molecular weight excluding hydrogens is 390 g/mol. The number of anilines is 4. The van der Waals surface area contributed by atoms with Gasteiger partial charge in [0.15, 0.2) is 0 Å². The highest BCUT2D eigenvalue weighted by Gasteiger charge is 2.38. The minimum absolute atomic E-state index is 0.277. The number of nitrogen functional groups attached to an aromatic ring is 1. The lowest BCUT2D eigenvalue weighted by molar-refractivity contribution is 0.313. The predicted molar refractivity (Wildman–Crippen MR) is 120 cm³/mol. The minimum atomic E-state index is 0.277. The number of fused-ring (bicyclic) bond motifs is 5. The average molecular weight is 418 g/mol. The fourth-order valence-electron chi connectivity index (χ4n) is 5.12. The van der Waals surface area contributed by atoms with Crippen molar-refractivity contribution in [2.45, 2.75) is 31.1 Å². The van der Waals surface area contributed by atoms with Crippen molar-refractivity contribution in [2.75, 3.05) is 49.2 Å². The quantitative estimate of drug-likeness (QED) is 0.668. The summed E-state index contributed by atoms with van der Waals surface area (Å²) in [5, 5.41) is 7.76. The number of aromatic nitrogens is 5. The van der Waals surface area contributed by atoms with E-state index in [9.17, 15) is 0 Å². The molecule has 0 spiro atoms. The fraction of sp³-hybridized carbons (Fsp3) is 0.455. The molecule has 1 saturated heterocycles. The van der Waals surface area contributed by atoms with Crippen LogP contribution in [0.15, 0.2) is 30.5 Å². The number of likely N-dealkylation sites (N-methyl/N-ethyl adjacent to an activating group) is 1. The second kappa shape index (κ2) is 7.19. The summed E-state index contributed by atoms with van der Waals surface area (Å²) in [6, 6.07) is 8.36. The predicted octanol–water partition coefficient (Wildman–Crippen LogP) is 2.50. The Balaban J connectivity index is 1.19. The molecule has 2 fully saturated rings. The topological polar surface area (TPSA) is 101 Å². The number of piperazine rings is 1. The van der Waals surface area contributed by atoms with Gasteiger partial charge in [-0.1, -0.05) is 0 Å². The number of benzene rings is 1. The van der Waals surface area contributed by atoms with Gasteiger partial charge in [0.05, 0.1) is 5.69 Å². The van der Waals surface area contributed by atoms with Crippen molar-refractivity contribution in [3.8, 4) is 5.95 Å². The summed E-state index contributed by atoms with van der Waals surface area (Å²) in [4.78, 5) is 18.4. The average Bonchev–Trinajstić information content (AvgIpc) is 3.50. The summed E-state index contributed by atoms with van der Waals surface area (Å²) in [5.74, 6) is 2.40. The Bertz CT molecular complexity index is 1100. The summed E-state index contributed by atoms with van der Waals surface area (Å²) in [6.07, 6.45) is 5.63. The third kappa shape index (κ3) is 3.29. The molecule has 1 aliphatic heterocycles. The van der Waals surface area contributed by atoms with Crippen LogP contribution in [0, 0.1) is 0 Å². The van der Waals surface area contributed by atoms with Crippen molar-refractivity contribution >= 4 is 23.3 Å². The Kier molecular flexibility index (Phi) is 4.31. The van der Waals surface area contributed by atoms with Crippen LogP contribution < -0.4 is 16.0 Å². The maximum Gasteiger partial charge on any atom is 0.254 e. The first-order valence-corrected chi connectivity index (χ1v) is 11.0. The third-order valence-electron chi connectivity index (χ3n) is 6.91. The van der Waals surface area contributed by atoms with E-state index < -0.39 is 0 Å². The van der Waals surface area contributed by atoms with Crippen LogP contribution in [0.2, 0.25) is 0 Å². The highest BCUT2D eigenvalue weighted by molar-refractivity contribution is 5.60. The molecule has 1 saturated carbocycles. The Morgan fingerprint density at radius 3 is 2.58 bits per heavy atom. The van der Waals surface area contributed by atoms with Gasteiger partial charge in [0, 0.05) is 49.7 Å². The molecule has 1 aromatic carbocycles. The normalized spacial score (nSPS) is 22.7. The fourth-order valence-corrected chi connectivity index (χ4v) is 5.12. The number of hydrogen-bond donors (Lipinski definition) is 2. The molecule has 2 aromatic heterocycles. The lowest BCUT2D eigenvalue weighted by Crippen LogP contribution is -2.44. The minimum Gasteiger partial charge on any atom is -0.369 e. The molecule has 160 valence electrons.